The number of carbonyl (C=O) groups excluding carboxylic acids is 2. The molecular formula is C21H23NO4. The maximum atomic E-state index is 13.0. The zero-order valence-electron chi connectivity index (χ0n) is 15.6. The number of nitrogens with zero attached hydrogens (tertiary/aromatic N) is 1. The van der Waals surface area contributed by atoms with E-state index >= 15 is 0 Å². The number of ether oxygens (including phenoxy) is 2. The van der Waals surface area contributed by atoms with Crippen LogP contribution in [0.3, 0.4) is 0 Å². The largest absolute Gasteiger partial charge is 0.496 e. The molecule has 0 fully saturated rings. The van der Waals surface area contributed by atoms with Gasteiger partial charge in [0.2, 0.25) is 0 Å². The van der Waals surface area contributed by atoms with Gasteiger partial charge in [0, 0.05) is 24.2 Å². The Morgan fingerprint density at radius 2 is 1.69 bits per heavy atom. The molecule has 2 aromatic rings. The maximum Gasteiger partial charge on any atom is 0.338 e. The summed E-state index contributed by atoms with van der Waals surface area (Å²) in [4.78, 5) is 26.8. The van der Waals surface area contributed by atoms with Gasteiger partial charge in [-0.15, -0.1) is 0 Å². The van der Waals surface area contributed by atoms with Gasteiger partial charge in [0.25, 0.3) is 5.91 Å². The molecule has 1 amide bonds. The normalized spacial score (nSPS) is 13.2. The van der Waals surface area contributed by atoms with Crippen LogP contribution < -0.4 is 4.74 Å². The minimum atomic E-state index is -0.363. The van der Waals surface area contributed by atoms with Crippen molar-refractivity contribution < 1.29 is 19.1 Å². The first-order chi connectivity index (χ1) is 12.4. The van der Waals surface area contributed by atoms with Crippen LogP contribution in [0, 0.1) is 13.8 Å². The van der Waals surface area contributed by atoms with Crippen molar-refractivity contribution in [2.45, 2.75) is 26.8 Å². The number of hydrogen-bond acceptors (Lipinski definition) is 4. The molecule has 0 radical (unpaired) electrons. The molecule has 1 aliphatic rings. The van der Waals surface area contributed by atoms with Crippen molar-refractivity contribution in [3.8, 4) is 5.75 Å². The lowest BCUT2D eigenvalue weighted by molar-refractivity contribution is 0.0598. The molecule has 0 aromatic heterocycles. The second-order valence-electron chi connectivity index (χ2n) is 6.62. The van der Waals surface area contributed by atoms with Crippen molar-refractivity contribution in [2.24, 2.45) is 0 Å². The summed E-state index contributed by atoms with van der Waals surface area (Å²) in [6, 6.07) is 9.36. The molecule has 0 bridgehead atoms. The number of amides is 1. The molecule has 3 rings (SSSR count). The zero-order valence-corrected chi connectivity index (χ0v) is 15.6. The molecule has 2 aromatic carbocycles. The summed E-state index contributed by atoms with van der Waals surface area (Å²) in [5.74, 6) is 0.316. The number of aryl methyl sites for hydroxylation is 2. The summed E-state index contributed by atoms with van der Waals surface area (Å²) < 4.78 is 10.3. The molecule has 0 saturated heterocycles. The highest BCUT2D eigenvalue weighted by atomic mass is 16.5. The average Bonchev–Trinajstić information content (AvgIpc) is 2.64. The van der Waals surface area contributed by atoms with E-state index in [-0.39, 0.29) is 11.9 Å². The monoisotopic (exact) mass is 353 g/mol. The minimum absolute atomic E-state index is 0.00651. The zero-order chi connectivity index (χ0) is 18.8. The fourth-order valence-corrected chi connectivity index (χ4v) is 3.59. The number of fused-ring (bicyclic) bond motifs is 1. The van der Waals surface area contributed by atoms with Crippen LogP contribution in [-0.2, 0) is 17.7 Å². The third-order valence-corrected chi connectivity index (χ3v) is 4.75. The molecule has 0 saturated carbocycles. The van der Waals surface area contributed by atoms with E-state index in [4.69, 9.17) is 9.47 Å². The number of esters is 1. The van der Waals surface area contributed by atoms with Gasteiger partial charge in [0.1, 0.15) is 5.75 Å². The fourth-order valence-electron chi connectivity index (χ4n) is 3.59. The van der Waals surface area contributed by atoms with Gasteiger partial charge in [-0.1, -0.05) is 17.2 Å². The highest BCUT2D eigenvalue weighted by molar-refractivity contribution is 5.95. The predicted octanol–water partition coefficient (Wildman–Crippen LogP) is 3.30. The molecule has 0 N–H and O–H groups in total. The van der Waals surface area contributed by atoms with Crippen LogP contribution in [0.2, 0.25) is 0 Å². The Morgan fingerprint density at radius 1 is 1.00 bits per heavy atom. The van der Waals surface area contributed by atoms with Crippen LogP contribution in [-0.4, -0.2) is 37.5 Å². The molecule has 1 heterocycles. The van der Waals surface area contributed by atoms with Gasteiger partial charge in [0.15, 0.2) is 0 Å². The first-order valence-corrected chi connectivity index (χ1v) is 8.59. The van der Waals surface area contributed by atoms with E-state index in [0.717, 1.165) is 22.3 Å². The van der Waals surface area contributed by atoms with Gasteiger partial charge in [-0.05, 0) is 50.1 Å². The smallest absolute Gasteiger partial charge is 0.338 e. The van der Waals surface area contributed by atoms with Crippen molar-refractivity contribution in [3.05, 3.63) is 63.7 Å². The molecule has 26 heavy (non-hydrogen) atoms. The Bertz CT molecular complexity index is 852. The Balaban J connectivity index is 1.96. The van der Waals surface area contributed by atoms with E-state index in [2.05, 4.69) is 0 Å². The highest BCUT2D eigenvalue weighted by Gasteiger charge is 2.28. The van der Waals surface area contributed by atoms with Gasteiger partial charge < -0.3 is 14.4 Å². The van der Waals surface area contributed by atoms with E-state index in [1.54, 1.807) is 24.1 Å². The topological polar surface area (TPSA) is 55.8 Å². The van der Waals surface area contributed by atoms with Crippen molar-refractivity contribution in [2.75, 3.05) is 20.8 Å². The van der Waals surface area contributed by atoms with Crippen molar-refractivity contribution in [1.82, 2.24) is 4.90 Å². The molecular weight excluding hydrogens is 330 g/mol. The fraction of sp³-hybridized carbons (Fsp3) is 0.333. The lowest BCUT2D eigenvalue weighted by atomic mass is 9.93. The molecule has 5 heteroatoms. The van der Waals surface area contributed by atoms with Crippen LogP contribution in [0.5, 0.6) is 5.75 Å². The molecule has 0 aliphatic carbocycles. The van der Waals surface area contributed by atoms with Crippen molar-refractivity contribution in [3.63, 3.8) is 0 Å². The number of benzene rings is 2. The van der Waals surface area contributed by atoms with Crippen molar-refractivity contribution >= 4 is 11.9 Å². The number of rotatable bonds is 3. The second-order valence-corrected chi connectivity index (χ2v) is 6.62. The van der Waals surface area contributed by atoms with Crippen LogP contribution in [0.25, 0.3) is 0 Å². The second kappa shape index (κ2) is 7.20. The van der Waals surface area contributed by atoms with Crippen molar-refractivity contribution in [1.29, 1.82) is 0 Å². The summed E-state index contributed by atoms with van der Waals surface area (Å²) in [6.07, 6.45) is 0.591. The third-order valence-electron chi connectivity index (χ3n) is 4.75. The molecule has 1 aliphatic heterocycles. The van der Waals surface area contributed by atoms with E-state index < -0.39 is 0 Å². The summed E-state index contributed by atoms with van der Waals surface area (Å²) in [5, 5.41) is 0. The Morgan fingerprint density at radius 3 is 2.31 bits per heavy atom. The quantitative estimate of drug-likeness (QED) is 0.795. The highest BCUT2D eigenvalue weighted by Crippen LogP contribution is 2.32. The molecule has 0 atom stereocenters. The lowest BCUT2D eigenvalue weighted by Gasteiger charge is -2.31. The lowest BCUT2D eigenvalue weighted by Crippen LogP contribution is -2.37. The van der Waals surface area contributed by atoms with Crippen LogP contribution in [0.1, 0.15) is 43.0 Å². The average molecular weight is 353 g/mol. The Hall–Kier alpha value is -2.82. The minimum Gasteiger partial charge on any atom is -0.496 e. The van der Waals surface area contributed by atoms with Gasteiger partial charge in [-0.2, -0.15) is 0 Å². The number of methoxy groups -OCH3 is 2. The molecule has 5 nitrogen and oxygen atoms in total. The third kappa shape index (κ3) is 3.29. The van der Waals surface area contributed by atoms with E-state index in [0.29, 0.717) is 36.4 Å². The standard InChI is InChI=1S/C21H23NO4/c1-13-9-14(2)11-15(10-13)20(23)22-8-7-16-17(21(24)26-4)5-6-19(25-3)18(16)12-22/h5-6,9-11H,7-8,12H2,1-4H3. The van der Waals surface area contributed by atoms with Gasteiger partial charge in [0.05, 0.1) is 19.8 Å². The van der Waals surface area contributed by atoms with Gasteiger partial charge in [-0.25, -0.2) is 4.79 Å². The van der Waals surface area contributed by atoms with E-state index in [9.17, 15) is 9.59 Å². The number of carbonyl (C=O) groups is 2. The predicted molar refractivity (Wildman–Crippen MR) is 98.7 cm³/mol. The maximum absolute atomic E-state index is 13.0. The summed E-state index contributed by atoms with van der Waals surface area (Å²) in [6.45, 7) is 4.94. The van der Waals surface area contributed by atoms with Crippen LogP contribution in [0.15, 0.2) is 30.3 Å². The summed E-state index contributed by atoms with van der Waals surface area (Å²) >= 11 is 0. The van der Waals surface area contributed by atoms with E-state index in [1.807, 2.05) is 32.0 Å². The summed E-state index contributed by atoms with van der Waals surface area (Å²) in [5.41, 5.74) is 5.14. The van der Waals surface area contributed by atoms with Crippen LogP contribution >= 0.6 is 0 Å². The van der Waals surface area contributed by atoms with Gasteiger partial charge in [-0.3, -0.25) is 4.79 Å². The summed E-state index contributed by atoms with van der Waals surface area (Å²) in [7, 11) is 2.97. The first-order valence-electron chi connectivity index (χ1n) is 8.59. The number of hydrogen-bond donors (Lipinski definition) is 0. The first kappa shape index (κ1) is 18.0. The SMILES string of the molecule is COC(=O)c1ccc(OC)c2c1CCN(C(=O)c1cc(C)cc(C)c1)C2. The van der Waals surface area contributed by atoms with Gasteiger partial charge >= 0.3 is 5.97 Å². The molecule has 0 spiro atoms. The van der Waals surface area contributed by atoms with Crippen LogP contribution in [0.4, 0.5) is 0 Å². The molecule has 0 unspecified atom stereocenters. The van der Waals surface area contributed by atoms with E-state index in [1.165, 1.54) is 7.11 Å². The Kier molecular flexibility index (Phi) is 4.98. The Labute approximate surface area is 153 Å². The molecule has 136 valence electrons.